The van der Waals surface area contributed by atoms with Crippen LogP contribution in [0.25, 0.3) is 0 Å². The summed E-state index contributed by atoms with van der Waals surface area (Å²) < 4.78 is 48.7. The predicted molar refractivity (Wildman–Crippen MR) is 255 cm³/mol. The molecule has 0 saturated heterocycles. The van der Waals surface area contributed by atoms with Crippen molar-refractivity contribution in [3.63, 3.8) is 0 Å². The van der Waals surface area contributed by atoms with Crippen LogP contribution in [-0.2, 0) is 87.0 Å². The minimum absolute atomic E-state index is 0. The molecule has 0 aliphatic carbocycles. The molecule has 3 aromatic rings. The number of carbonyl (C=O) groups is 6. The van der Waals surface area contributed by atoms with Crippen molar-refractivity contribution in [3.05, 3.63) is 53.1 Å². The average Bonchev–Trinajstić information content (AvgIpc) is 3.98. The summed E-state index contributed by atoms with van der Waals surface area (Å²) >= 11 is 4.10. The van der Waals surface area contributed by atoms with Gasteiger partial charge in [-0.15, -0.1) is 11.6 Å². The molecule has 1 unspecified atom stereocenters. The van der Waals surface area contributed by atoms with Crippen molar-refractivity contribution < 1.29 is 99.3 Å². The van der Waals surface area contributed by atoms with Gasteiger partial charge in [-0.05, 0) is 6.92 Å². The van der Waals surface area contributed by atoms with Crippen LogP contribution in [0.15, 0.2) is 19.0 Å². The van der Waals surface area contributed by atoms with Crippen LogP contribution in [0, 0.1) is 10.8 Å². The van der Waals surface area contributed by atoms with Gasteiger partial charge in [0.1, 0.15) is 17.9 Å². The Morgan fingerprint density at radius 1 is 0.768 bits per heavy atom. The van der Waals surface area contributed by atoms with Crippen LogP contribution in [0.2, 0.25) is 0 Å². The van der Waals surface area contributed by atoms with Gasteiger partial charge in [0.15, 0.2) is 23.1 Å². The van der Waals surface area contributed by atoms with E-state index in [0.717, 1.165) is 29.1 Å². The number of halogens is 3. The number of carbonyl (C=O) groups excluding carboxylic acids is 6. The number of Topliss-reactive ketones (excluding diaryl/α,β-unsaturated/α-hetero) is 2. The number of ketones is 2. The van der Waals surface area contributed by atoms with Gasteiger partial charge in [0, 0.05) is 65.8 Å². The summed E-state index contributed by atoms with van der Waals surface area (Å²) in [7, 11) is 7.37. The zero-order valence-corrected chi connectivity index (χ0v) is 48.5. The van der Waals surface area contributed by atoms with Gasteiger partial charge < -0.3 is 35.7 Å². The van der Waals surface area contributed by atoms with E-state index in [-0.39, 0.29) is 78.5 Å². The molecule has 3 heterocycles. The molecule has 0 spiro atoms. The van der Waals surface area contributed by atoms with Crippen molar-refractivity contribution in [1.29, 1.82) is 0 Å². The summed E-state index contributed by atoms with van der Waals surface area (Å²) in [6.07, 6.45) is 5.33. The van der Waals surface area contributed by atoms with Crippen molar-refractivity contribution in [2.45, 2.75) is 145 Å². The minimum atomic E-state index is -3.72. The Morgan fingerprint density at radius 2 is 1.19 bits per heavy atom. The van der Waals surface area contributed by atoms with Crippen molar-refractivity contribution in [1.82, 2.24) is 29.9 Å². The number of aromatic nitrogens is 6. The Kier molecular flexibility index (Phi) is 40.5. The molecule has 4 N–H and O–H groups in total. The van der Waals surface area contributed by atoms with Gasteiger partial charge in [-0.3, -0.25) is 19.2 Å². The maximum atomic E-state index is 11.3. The molecule has 0 fully saturated rings. The molecular formula is C42H70AlCl3LiMnN6O14S. The van der Waals surface area contributed by atoms with E-state index >= 15 is 0 Å². The van der Waals surface area contributed by atoms with Gasteiger partial charge in [-0.2, -0.15) is 8.42 Å². The van der Waals surface area contributed by atoms with Crippen LogP contribution in [-0.4, -0.2) is 123 Å². The SMILES string of the molecule is CC(C)(C)c1[nH]cnc1C=O.CC(C)(C)c1nc[nH]c1CO.CCOC(=O)CC(=O)C(C)(C)C.COC(=O)C(Cl)C(=O)C(C)(C)C.COC(=O)c1nc[nH]c1C(C)(C)C.O=S(=O)(Cl)Cl.[Al].[H-].[Li+].[O]=[Mn]=[O]. The van der Waals surface area contributed by atoms with Gasteiger partial charge in [0.25, 0.3) is 0 Å². The van der Waals surface area contributed by atoms with E-state index in [1.54, 1.807) is 61.1 Å². The van der Waals surface area contributed by atoms with Crippen molar-refractivity contribution >= 4 is 94.4 Å². The van der Waals surface area contributed by atoms with Crippen molar-refractivity contribution in [2.75, 3.05) is 20.8 Å². The third-order valence-corrected chi connectivity index (χ3v) is 8.09. The van der Waals surface area contributed by atoms with Crippen LogP contribution in [0.1, 0.15) is 162 Å². The molecular weight excluding hydrogens is 1040 g/mol. The molecule has 0 aliphatic heterocycles. The fourth-order valence-corrected chi connectivity index (χ4v) is 4.82. The molecule has 0 aliphatic rings. The molecule has 0 amide bonds. The number of hydrogen-bond donors (Lipinski definition) is 4. The van der Waals surface area contributed by atoms with E-state index in [1.165, 1.54) is 20.5 Å². The number of aliphatic hydroxyl groups is 1. The number of H-pyrrole nitrogens is 3. The Bertz CT molecular complexity index is 2150. The number of aromatic amines is 3. The first-order valence-corrected chi connectivity index (χ1v) is 24.4. The Labute approximate surface area is 450 Å². The Morgan fingerprint density at radius 3 is 1.49 bits per heavy atom. The fraction of sp³-hybridized carbons (Fsp3) is 0.643. The van der Waals surface area contributed by atoms with Gasteiger partial charge in [0.05, 0.1) is 69.2 Å². The number of esters is 3. The van der Waals surface area contributed by atoms with E-state index in [0.29, 0.717) is 18.0 Å². The zero-order valence-electron chi connectivity index (χ0n) is 44.1. The van der Waals surface area contributed by atoms with E-state index in [4.69, 9.17) is 32.8 Å². The average molecular weight is 1110 g/mol. The maximum absolute atomic E-state index is 11.3. The standard InChI is InChI=1S/C9H14N2O2.C9H16O3.C8H13ClO3.C8H14N2O.C8H12N2O.Al.Cl2O2S.Li.Mn.2O.H/c1-9(2,3)7-6(8(12)13-4)10-5-11-7;1-5-12-8(11)6-7(10)9(2,3)4;1-8(2,3)6(10)5(9)7(11)12-4;2*1-8(2,3)7-6(4-11)9-5-10-7;;1-5(2,3)4;;;;;/h5H,1-4H3,(H,10,11);5-6H2,1-4H3;5H,1-4H3;5,11H,4H2,1-3H3,(H,9,10);4-5H,1-3H3,(H,9,10);;;;;;;/q;;;;;;;+1;;;;-1. The number of nitrogens with zero attached hydrogens (tertiary/aromatic N) is 3. The molecule has 0 aromatic carbocycles. The van der Waals surface area contributed by atoms with Crippen LogP contribution < -0.4 is 18.9 Å². The summed E-state index contributed by atoms with van der Waals surface area (Å²) in [5.74, 6) is -1.93. The quantitative estimate of drug-likeness (QED) is 0.0463. The second kappa shape index (κ2) is 36.1. The first-order chi connectivity index (χ1) is 30.2. The van der Waals surface area contributed by atoms with Crippen LogP contribution in [0.5, 0.6) is 0 Å². The summed E-state index contributed by atoms with van der Waals surface area (Å²) in [6.45, 7) is 30.9. The molecule has 69 heavy (non-hydrogen) atoms. The topological polar surface area (TPSA) is 305 Å². The molecule has 0 saturated carbocycles. The first-order valence-electron chi connectivity index (χ1n) is 19.9. The van der Waals surface area contributed by atoms with E-state index < -0.39 is 57.2 Å². The van der Waals surface area contributed by atoms with E-state index in [2.05, 4.69) is 86.3 Å². The molecule has 27 heteroatoms. The third kappa shape index (κ3) is 36.6. The predicted octanol–water partition coefficient (Wildman–Crippen LogP) is 4.35. The normalized spacial score (nSPS) is 11.2. The molecule has 3 radical (unpaired) electrons. The summed E-state index contributed by atoms with van der Waals surface area (Å²) in [6, 6.07) is 0. The molecule has 1 atom stereocenters. The van der Waals surface area contributed by atoms with Crippen LogP contribution in [0.4, 0.5) is 0 Å². The van der Waals surface area contributed by atoms with Gasteiger partial charge in [-0.1, -0.05) is 104 Å². The number of alkyl halides is 1. The molecule has 3 rings (SSSR count). The van der Waals surface area contributed by atoms with Gasteiger partial charge in [-0.25, -0.2) is 24.5 Å². The second-order valence-electron chi connectivity index (χ2n) is 18.6. The molecule has 3 aromatic heterocycles. The summed E-state index contributed by atoms with van der Waals surface area (Å²) in [5, 5.41) is 7.71. The number of imidazole rings is 3. The van der Waals surface area contributed by atoms with E-state index in [1.807, 2.05) is 41.5 Å². The summed E-state index contributed by atoms with van der Waals surface area (Å²) in [5.41, 5.74) is 3.13. The number of rotatable bonds is 8. The third-order valence-electron chi connectivity index (χ3n) is 7.71. The van der Waals surface area contributed by atoms with Gasteiger partial charge >= 0.3 is 67.5 Å². The molecule has 20 nitrogen and oxygen atoms in total. The molecule has 390 valence electrons. The van der Waals surface area contributed by atoms with Crippen LogP contribution >= 0.6 is 33.0 Å². The fourth-order valence-electron chi connectivity index (χ4n) is 4.40. The number of ether oxygens (including phenoxy) is 3. The van der Waals surface area contributed by atoms with Crippen molar-refractivity contribution in [2.24, 2.45) is 10.8 Å². The number of nitrogens with one attached hydrogen (secondary N) is 3. The van der Waals surface area contributed by atoms with Crippen molar-refractivity contribution in [3.8, 4) is 0 Å². The number of hydrogen-bond acceptors (Lipinski definition) is 17. The number of aldehydes is 1. The zero-order chi connectivity index (χ0) is 53.9. The monoisotopic (exact) mass is 1110 g/mol. The number of methoxy groups -OCH3 is 2. The van der Waals surface area contributed by atoms with E-state index in [9.17, 15) is 28.8 Å². The summed E-state index contributed by atoms with van der Waals surface area (Å²) in [4.78, 5) is 86.7. The first kappa shape index (κ1) is 77.5. The second-order valence-corrected chi connectivity index (χ2v) is 22.9. The molecule has 0 bridgehead atoms. The number of aliphatic hydroxyl groups excluding tert-OH is 1. The Hall–Kier alpha value is -2.92. The van der Waals surface area contributed by atoms with Crippen LogP contribution in [0.3, 0.4) is 0 Å². The van der Waals surface area contributed by atoms with Gasteiger partial charge in [0.2, 0.25) is 0 Å². The Balaban J connectivity index is -0.000000135.